The molecule has 9 nitrogen and oxygen atoms in total. The van der Waals surface area contributed by atoms with Crippen molar-refractivity contribution >= 4 is 41.1 Å². The van der Waals surface area contributed by atoms with Crippen molar-refractivity contribution in [1.82, 2.24) is 0 Å². The Balaban J connectivity index is 1.54. The Hall–Kier alpha value is -3.29. The molecular weight excluding hydrogens is 516 g/mol. The van der Waals surface area contributed by atoms with E-state index in [2.05, 4.69) is 8.67 Å². The lowest BCUT2D eigenvalue weighted by atomic mass is 10.1. The first kappa shape index (κ1) is 24.8. The van der Waals surface area contributed by atoms with Crippen molar-refractivity contribution in [2.45, 2.75) is 21.6 Å². The molecule has 0 heterocycles. The predicted molar refractivity (Wildman–Crippen MR) is 126 cm³/mol. The highest BCUT2D eigenvalue weighted by molar-refractivity contribution is 7.89. The second-order valence-corrected chi connectivity index (χ2v) is 12.0. The van der Waals surface area contributed by atoms with E-state index in [-0.39, 0.29) is 20.4 Å². The van der Waals surface area contributed by atoms with Crippen LogP contribution >= 0.6 is 0 Å². The summed E-state index contributed by atoms with van der Waals surface area (Å²) in [5, 5.41) is 0.874. The van der Waals surface area contributed by atoms with Gasteiger partial charge in [-0.1, -0.05) is 56.7 Å². The van der Waals surface area contributed by atoms with Gasteiger partial charge >= 0.3 is 30.4 Å². The summed E-state index contributed by atoms with van der Waals surface area (Å²) < 4.78 is 88.0. The Bertz CT molecular complexity index is 1700. The van der Waals surface area contributed by atoms with Crippen LogP contribution in [0.25, 0.3) is 10.8 Å². The molecule has 35 heavy (non-hydrogen) atoms. The van der Waals surface area contributed by atoms with E-state index in [1.165, 1.54) is 66.7 Å². The summed E-state index contributed by atoms with van der Waals surface area (Å²) in [6, 6.07) is 21.1. The first-order valence-electron chi connectivity index (χ1n) is 9.94. The molecule has 4 rings (SSSR count). The molecule has 0 amide bonds. The minimum absolute atomic E-state index is 0.00718. The number of hydrogen-bond donors (Lipinski definition) is 0. The largest absolute Gasteiger partial charge is 0.379 e. The minimum Gasteiger partial charge on any atom is -0.379 e. The maximum absolute atomic E-state index is 12.5. The highest BCUT2D eigenvalue weighted by Gasteiger charge is 2.24. The molecular formula is C23H18O9S3. The zero-order valence-corrected chi connectivity index (χ0v) is 20.5. The molecule has 0 N–H and O–H groups in total. The Labute approximate surface area is 202 Å². The van der Waals surface area contributed by atoms with Gasteiger partial charge in [0.05, 0.1) is 9.79 Å². The van der Waals surface area contributed by atoms with Gasteiger partial charge in [-0.05, 0) is 66.2 Å². The van der Waals surface area contributed by atoms with Gasteiger partial charge in [-0.3, -0.25) is 0 Å². The van der Waals surface area contributed by atoms with Crippen molar-refractivity contribution in [3.8, 4) is 5.75 Å². The van der Waals surface area contributed by atoms with Gasteiger partial charge in [0, 0.05) is 0 Å². The molecule has 0 atom stereocenters. The van der Waals surface area contributed by atoms with Gasteiger partial charge in [0.2, 0.25) is 0 Å². The third-order valence-electron chi connectivity index (χ3n) is 4.83. The van der Waals surface area contributed by atoms with Gasteiger partial charge in [-0.2, -0.15) is 25.3 Å². The molecule has 0 unspecified atom stereocenters. The Morgan fingerprint density at radius 3 is 1.69 bits per heavy atom. The standard InChI is InChI=1S/C23H18O9S3/c1-17-7-12-22(13-8-17)33(24,25)30-20-11-9-19-16-23(14-10-18(19)15-20)35(28,29)32-31-34(26,27)21-5-3-2-4-6-21/h2-16H,1H3. The molecule has 0 bridgehead atoms. The fourth-order valence-corrected chi connectivity index (χ4v) is 5.69. The lowest BCUT2D eigenvalue weighted by Crippen LogP contribution is -2.13. The van der Waals surface area contributed by atoms with E-state index in [0.717, 1.165) is 11.6 Å². The summed E-state index contributed by atoms with van der Waals surface area (Å²) >= 11 is 0. The summed E-state index contributed by atoms with van der Waals surface area (Å²) in [4.78, 5) is -0.650. The second-order valence-electron chi connectivity index (χ2n) is 7.38. The van der Waals surface area contributed by atoms with Crippen LogP contribution in [0.3, 0.4) is 0 Å². The first-order chi connectivity index (χ1) is 16.5. The van der Waals surface area contributed by atoms with Crippen LogP contribution in [0.4, 0.5) is 0 Å². The van der Waals surface area contributed by atoms with E-state index >= 15 is 0 Å². The van der Waals surface area contributed by atoms with Crippen LogP contribution in [-0.2, 0) is 39.0 Å². The van der Waals surface area contributed by atoms with E-state index in [9.17, 15) is 25.3 Å². The molecule has 0 spiro atoms. The maximum atomic E-state index is 12.5. The molecule has 0 aromatic heterocycles. The minimum atomic E-state index is -4.60. The van der Waals surface area contributed by atoms with E-state index in [1.807, 2.05) is 6.92 Å². The highest BCUT2D eigenvalue weighted by Crippen LogP contribution is 2.27. The number of aryl methyl sites for hydroxylation is 1. The Morgan fingerprint density at radius 2 is 1.03 bits per heavy atom. The average molecular weight is 535 g/mol. The lowest BCUT2D eigenvalue weighted by Gasteiger charge is -2.09. The maximum Gasteiger partial charge on any atom is 0.339 e. The third kappa shape index (κ3) is 5.69. The summed E-state index contributed by atoms with van der Waals surface area (Å²) in [6.45, 7) is 1.83. The zero-order valence-electron chi connectivity index (χ0n) is 18.1. The molecule has 0 saturated carbocycles. The molecule has 0 aliphatic carbocycles. The van der Waals surface area contributed by atoms with Crippen molar-refractivity contribution in [2.75, 3.05) is 0 Å². The van der Waals surface area contributed by atoms with Gasteiger partial charge < -0.3 is 4.18 Å². The van der Waals surface area contributed by atoms with Crippen molar-refractivity contribution in [3.63, 3.8) is 0 Å². The van der Waals surface area contributed by atoms with Crippen LogP contribution in [-0.4, -0.2) is 25.3 Å². The average Bonchev–Trinajstić information content (AvgIpc) is 2.83. The van der Waals surface area contributed by atoms with Crippen LogP contribution in [0.1, 0.15) is 5.56 Å². The molecule has 0 aliphatic rings. The highest BCUT2D eigenvalue weighted by atomic mass is 32.2. The third-order valence-corrected chi connectivity index (χ3v) is 8.35. The van der Waals surface area contributed by atoms with E-state index in [4.69, 9.17) is 4.18 Å². The van der Waals surface area contributed by atoms with Crippen molar-refractivity contribution < 1.29 is 38.1 Å². The van der Waals surface area contributed by atoms with Crippen molar-refractivity contribution in [3.05, 3.63) is 96.6 Å². The normalized spacial score (nSPS) is 12.5. The van der Waals surface area contributed by atoms with Gasteiger partial charge in [-0.25, -0.2) is 0 Å². The topological polar surface area (TPSA) is 130 Å². The fraction of sp³-hybridized carbons (Fsp3) is 0.0435. The van der Waals surface area contributed by atoms with Gasteiger partial charge in [-0.15, -0.1) is 0 Å². The van der Waals surface area contributed by atoms with Crippen molar-refractivity contribution in [1.29, 1.82) is 0 Å². The molecule has 0 aliphatic heterocycles. The molecule has 0 radical (unpaired) electrons. The van der Waals surface area contributed by atoms with Crippen LogP contribution in [0.15, 0.2) is 106 Å². The summed E-state index contributed by atoms with van der Waals surface area (Å²) in [6.07, 6.45) is 0. The van der Waals surface area contributed by atoms with Gasteiger partial charge in [0.15, 0.2) is 0 Å². The monoisotopic (exact) mass is 534 g/mol. The SMILES string of the molecule is Cc1ccc(S(=O)(=O)Oc2ccc3cc(S(=O)(=O)OOS(=O)(=O)c4ccccc4)ccc3c2)cc1. The molecule has 4 aromatic rings. The van der Waals surface area contributed by atoms with Crippen LogP contribution in [0.5, 0.6) is 5.75 Å². The molecule has 0 saturated heterocycles. The zero-order chi connectivity index (χ0) is 25.3. The molecule has 0 fully saturated rings. The van der Waals surface area contributed by atoms with Crippen LogP contribution in [0.2, 0.25) is 0 Å². The first-order valence-corrected chi connectivity index (χ1v) is 14.2. The number of benzene rings is 4. The second kappa shape index (κ2) is 9.40. The quantitative estimate of drug-likeness (QED) is 0.187. The number of fused-ring (bicyclic) bond motifs is 1. The molecule has 12 heteroatoms. The predicted octanol–water partition coefficient (Wildman–Crippen LogP) is 3.94. The van der Waals surface area contributed by atoms with Crippen molar-refractivity contribution in [2.24, 2.45) is 0 Å². The number of hydrogen-bond acceptors (Lipinski definition) is 9. The smallest absolute Gasteiger partial charge is 0.339 e. The van der Waals surface area contributed by atoms with Gasteiger partial charge in [0.1, 0.15) is 10.6 Å². The van der Waals surface area contributed by atoms with E-state index < -0.39 is 30.4 Å². The van der Waals surface area contributed by atoms with E-state index in [1.54, 1.807) is 18.2 Å². The van der Waals surface area contributed by atoms with Gasteiger partial charge in [0.25, 0.3) is 0 Å². The Morgan fingerprint density at radius 1 is 0.514 bits per heavy atom. The molecule has 182 valence electrons. The van der Waals surface area contributed by atoms with E-state index in [0.29, 0.717) is 10.8 Å². The molecule has 4 aromatic carbocycles. The summed E-state index contributed by atoms with van der Waals surface area (Å²) in [5.74, 6) is 0.0298. The lowest BCUT2D eigenvalue weighted by molar-refractivity contribution is -0.0851. The summed E-state index contributed by atoms with van der Waals surface area (Å²) in [7, 11) is -13.1. The fourth-order valence-electron chi connectivity index (χ4n) is 3.03. The summed E-state index contributed by atoms with van der Waals surface area (Å²) in [5.41, 5.74) is 0.896. The van der Waals surface area contributed by atoms with Crippen LogP contribution < -0.4 is 4.18 Å². The van der Waals surface area contributed by atoms with Crippen LogP contribution in [0, 0.1) is 6.92 Å². The Kier molecular flexibility index (Phi) is 6.66. The number of rotatable bonds is 8.